The third kappa shape index (κ3) is 6.94. The Labute approximate surface area is 172 Å². The Morgan fingerprint density at radius 3 is 2.88 bits per heavy atom. The molecule has 24 heavy (non-hydrogen) atoms. The average Bonchev–Trinajstić information content (AvgIpc) is 2.92. The zero-order valence-corrected chi connectivity index (χ0v) is 18.7. The van der Waals surface area contributed by atoms with Crippen molar-refractivity contribution >= 4 is 57.2 Å². The van der Waals surface area contributed by atoms with Gasteiger partial charge < -0.3 is 15.0 Å². The number of nitrogens with zero attached hydrogens (tertiary/aromatic N) is 3. The van der Waals surface area contributed by atoms with Gasteiger partial charge in [-0.1, -0.05) is 22.0 Å². The molecule has 2 aromatic rings. The lowest BCUT2D eigenvalue weighted by atomic mass is 10.3. The summed E-state index contributed by atoms with van der Waals surface area (Å²) in [6.07, 6.45) is 0. The van der Waals surface area contributed by atoms with E-state index >= 15 is 0 Å². The number of rotatable bonds is 6. The van der Waals surface area contributed by atoms with Crippen LogP contribution in [0.4, 0.5) is 0 Å². The molecule has 2 rings (SSSR count). The van der Waals surface area contributed by atoms with E-state index in [1.165, 1.54) is 0 Å². The van der Waals surface area contributed by atoms with Crippen LogP contribution < -0.4 is 10.1 Å². The molecule has 0 unspecified atom stereocenters. The highest BCUT2D eigenvalue weighted by Crippen LogP contribution is 2.17. The number of halogens is 2. The van der Waals surface area contributed by atoms with Gasteiger partial charge in [0.1, 0.15) is 12.4 Å². The lowest BCUT2D eigenvalue weighted by Crippen LogP contribution is -2.40. The fraction of sp³-hybridized carbons (Fsp3) is 0.375. The summed E-state index contributed by atoms with van der Waals surface area (Å²) in [6.45, 7) is 4.00. The standard InChI is InChI=1S/C16H21BrN4OS.HI/c1-12-20-14(11-23-12)10-21(3)16(18-2)19-7-8-22-15-6-4-5-13(17)9-15;/h4-6,9,11H,7-8,10H2,1-3H3,(H,18,19);1H. The highest BCUT2D eigenvalue weighted by molar-refractivity contribution is 14.0. The SMILES string of the molecule is CN=C(NCCOc1cccc(Br)c1)N(C)Cc1csc(C)n1.I. The van der Waals surface area contributed by atoms with Crippen molar-refractivity contribution < 1.29 is 4.74 Å². The third-order valence-corrected chi connectivity index (χ3v) is 4.40. The quantitative estimate of drug-likeness (QED) is 0.269. The first-order valence-electron chi connectivity index (χ1n) is 7.29. The summed E-state index contributed by atoms with van der Waals surface area (Å²) >= 11 is 5.10. The van der Waals surface area contributed by atoms with Crippen LogP contribution in [-0.2, 0) is 6.54 Å². The molecule has 0 bridgehead atoms. The van der Waals surface area contributed by atoms with Gasteiger partial charge in [-0.05, 0) is 25.1 Å². The number of aromatic nitrogens is 1. The molecule has 132 valence electrons. The largest absolute Gasteiger partial charge is 0.492 e. The zero-order valence-electron chi connectivity index (χ0n) is 14.0. The van der Waals surface area contributed by atoms with Crippen molar-refractivity contribution in [3.05, 3.63) is 44.8 Å². The van der Waals surface area contributed by atoms with Crippen molar-refractivity contribution in [2.75, 3.05) is 27.2 Å². The molecule has 0 aliphatic carbocycles. The van der Waals surface area contributed by atoms with Crippen LogP contribution >= 0.6 is 51.2 Å². The predicted octanol–water partition coefficient (Wildman–Crippen LogP) is 3.92. The van der Waals surface area contributed by atoms with Gasteiger partial charge in [-0.3, -0.25) is 4.99 Å². The van der Waals surface area contributed by atoms with E-state index in [-0.39, 0.29) is 24.0 Å². The maximum Gasteiger partial charge on any atom is 0.193 e. The molecule has 0 aliphatic rings. The second-order valence-corrected chi connectivity index (χ2v) is 6.97. The highest BCUT2D eigenvalue weighted by atomic mass is 127. The van der Waals surface area contributed by atoms with Crippen LogP contribution in [-0.4, -0.2) is 43.1 Å². The first-order valence-corrected chi connectivity index (χ1v) is 8.97. The summed E-state index contributed by atoms with van der Waals surface area (Å²) in [4.78, 5) is 10.8. The minimum Gasteiger partial charge on any atom is -0.492 e. The van der Waals surface area contributed by atoms with Gasteiger partial charge in [0.25, 0.3) is 0 Å². The summed E-state index contributed by atoms with van der Waals surface area (Å²) in [5, 5.41) is 6.46. The van der Waals surface area contributed by atoms with Crippen molar-refractivity contribution in [1.29, 1.82) is 0 Å². The molecular weight excluding hydrogens is 503 g/mol. The van der Waals surface area contributed by atoms with Crippen molar-refractivity contribution in [3.8, 4) is 5.75 Å². The van der Waals surface area contributed by atoms with Crippen molar-refractivity contribution in [3.63, 3.8) is 0 Å². The number of thiazole rings is 1. The molecule has 0 radical (unpaired) electrons. The molecule has 0 fully saturated rings. The summed E-state index contributed by atoms with van der Waals surface area (Å²) in [5.74, 6) is 1.68. The first kappa shape index (κ1) is 21.2. The molecule has 1 heterocycles. The predicted molar refractivity (Wildman–Crippen MR) is 115 cm³/mol. The number of nitrogens with one attached hydrogen (secondary N) is 1. The molecule has 0 amide bonds. The minimum atomic E-state index is 0. The van der Waals surface area contributed by atoms with Crippen LogP contribution in [0.2, 0.25) is 0 Å². The van der Waals surface area contributed by atoms with Crippen LogP contribution in [0.3, 0.4) is 0 Å². The number of ether oxygens (including phenoxy) is 1. The van der Waals surface area contributed by atoms with Gasteiger partial charge in [0.2, 0.25) is 0 Å². The lowest BCUT2D eigenvalue weighted by Gasteiger charge is -2.21. The second-order valence-electron chi connectivity index (χ2n) is 4.99. The van der Waals surface area contributed by atoms with Gasteiger partial charge in [-0.25, -0.2) is 4.98 Å². The van der Waals surface area contributed by atoms with Gasteiger partial charge in [0, 0.05) is 23.9 Å². The van der Waals surface area contributed by atoms with Crippen LogP contribution in [0.5, 0.6) is 5.75 Å². The number of hydrogen-bond acceptors (Lipinski definition) is 4. The van der Waals surface area contributed by atoms with Crippen molar-refractivity contribution in [1.82, 2.24) is 15.2 Å². The molecule has 0 saturated heterocycles. The molecular formula is C16H22BrIN4OS. The molecule has 0 saturated carbocycles. The second kappa shape index (κ2) is 10.9. The van der Waals surface area contributed by atoms with E-state index in [1.807, 2.05) is 43.1 Å². The van der Waals surface area contributed by atoms with Crippen LogP contribution in [0, 0.1) is 6.92 Å². The summed E-state index contributed by atoms with van der Waals surface area (Å²) in [5.41, 5.74) is 1.06. The van der Waals surface area contributed by atoms with Gasteiger partial charge in [0.15, 0.2) is 5.96 Å². The van der Waals surface area contributed by atoms with Crippen LogP contribution in [0.15, 0.2) is 39.1 Å². The monoisotopic (exact) mass is 524 g/mol. The van der Waals surface area contributed by atoms with E-state index in [4.69, 9.17) is 4.74 Å². The van der Waals surface area contributed by atoms with Crippen molar-refractivity contribution in [2.45, 2.75) is 13.5 Å². The Balaban J connectivity index is 0.00000288. The number of hydrogen-bond donors (Lipinski definition) is 1. The fourth-order valence-corrected chi connectivity index (χ4v) is 3.05. The summed E-state index contributed by atoms with van der Waals surface area (Å²) in [6, 6.07) is 7.82. The average molecular weight is 525 g/mol. The van der Waals surface area contributed by atoms with Gasteiger partial charge in [0.05, 0.1) is 23.8 Å². The van der Waals surface area contributed by atoms with E-state index in [1.54, 1.807) is 18.4 Å². The van der Waals surface area contributed by atoms with E-state index in [9.17, 15) is 0 Å². The molecule has 1 N–H and O–H groups in total. The van der Waals surface area contributed by atoms with Gasteiger partial charge in [-0.2, -0.15) is 0 Å². The zero-order chi connectivity index (χ0) is 16.7. The Morgan fingerprint density at radius 2 is 2.25 bits per heavy atom. The Bertz CT molecular complexity index is 665. The lowest BCUT2D eigenvalue weighted by molar-refractivity contribution is 0.319. The minimum absolute atomic E-state index is 0. The van der Waals surface area contributed by atoms with Crippen LogP contribution in [0.25, 0.3) is 0 Å². The van der Waals surface area contributed by atoms with Gasteiger partial charge >= 0.3 is 0 Å². The normalized spacial score (nSPS) is 10.9. The highest BCUT2D eigenvalue weighted by Gasteiger charge is 2.08. The van der Waals surface area contributed by atoms with E-state index in [0.29, 0.717) is 13.2 Å². The van der Waals surface area contributed by atoms with E-state index in [2.05, 4.69) is 36.6 Å². The molecule has 0 spiro atoms. The maximum atomic E-state index is 5.71. The Kier molecular flexibility index (Phi) is 9.60. The summed E-state index contributed by atoms with van der Waals surface area (Å²) < 4.78 is 6.72. The number of benzene rings is 1. The Hall–Kier alpha value is -0.870. The molecule has 1 aromatic carbocycles. The first-order chi connectivity index (χ1) is 11.1. The van der Waals surface area contributed by atoms with Crippen molar-refractivity contribution in [2.24, 2.45) is 4.99 Å². The van der Waals surface area contributed by atoms with Crippen LogP contribution in [0.1, 0.15) is 10.7 Å². The molecule has 5 nitrogen and oxygen atoms in total. The number of aliphatic imine (C=N–C) groups is 1. The molecule has 1 aromatic heterocycles. The third-order valence-electron chi connectivity index (χ3n) is 3.09. The number of guanidine groups is 1. The fourth-order valence-electron chi connectivity index (χ4n) is 2.07. The smallest absolute Gasteiger partial charge is 0.193 e. The number of aryl methyl sites for hydroxylation is 1. The van der Waals surface area contributed by atoms with Gasteiger partial charge in [-0.15, -0.1) is 35.3 Å². The van der Waals surface area contributed by atoms with E-state index in [0.717, 1.165) is 33.4 Å². The molecule has 0 aliphatic heterocycles. The molecule has 0 atom stereocenters. The molecule has 8 heteroatoms. The van der Waals surface area contributed by atoms with E-state index < -0.39 is 0 Å². The Morgan fingerprint density at radius 1 is 1.46 bits per heavy atom. The summed E-state index contributed by atoms with van der Waals surface area (Å²) in [7, 11) is 3.78. The topological polar surface area (TPSA) is 49.8 Å². The maximum absolute atomic E-state index is 5.71.